The van der Waals surface area contributed by atoms with Gasteiger partial charge in [0, 0.05) is 6.54 Å². The van der Waals surface area contributed by atoms with E-state index < -0.39 is 15.6 Å². The second-order valence-electron chi connectivity index (χ2n) is 8.66. The molecule has 0 saturated carbocycles. The molecule has 1 fully saturated rings. The largest absolute Gasteiger partial charge is 0.497 e. The average Bonchev–Trinajstić information content (AvgIpc) is 3.14. The van der Waals surface area contributed by atoms with Crippen LogP contribution in [0.25, 0.3) is 0 Å². The smallest absolute Gasteiger partial charge is 0.243 e. The Labute approximate surface area is 185 Å². The molecule has 5 heteroatoms. The third-order valence-corrected chi connectivity index (χ3v) is 8.45. The van der Waals surface area contributed by atoms with E-state index >= 15 is 0 Å². The molecule has 0 bridgehead atoms. The molecule has 1 heterocycles. The molecule has 31 heavy (non-hydrogen) atoms. The van der Waals surface area contributed by atoms with Gasteiger partial charge in [0.25, 0.3) is 0 Å². The first kappa shape index (κ1) is 21.6. The predicted octanol–water partition coefficient (Wildman–Crippen LogP) is 5.41. The summed E-state index contributed by atoms with van der Waals surface area (Å²) in [7, 11) is -2.04. The molecule has 0 radical (unpaired) electrons. The molecule has 1 aliphatic rings. The first-order valence-electron chi connectivity index (χ1n) is 10.5. The lowest BCUT2D eigenvalue weighted by Gasteiger charge is -2.35. The Morgan fingerprint density at radius 2 is 1.42 bits per heavy atom. The van der Waals surface area contributed by atoms with Crippen molar-refractivity contribution in [1.82, 2.24) is 4.31 Å². The van der Waals surface area contributed by atoms with Crippen molar-refractivity contribution in [3.63, 3.8) is 0 Å². The molecule has 0 aliphatic carbocycles. The standard InChI is InChI=1S/C26H29NO3S/c1-19-5-9-21(10-6-19)22-17-26(3,23-11-13-24(30-4)14-12-23)27(18-22)31(28,29)25-15-7-20(2)8-16-25/h5-16,22H,17-18H2,1-4H3. The molecular formula is C26H29NO3S. The summed E-state index contributed by atoms with van der Waals surface area (Å²) < 4.78 is 34.6. The van der Waals surface area contributed by atoms with E-state index in [0.717, 1.165) is 16.9 Å². The van der Waals surface area contributed by atoms with E-state index in [4.69, 9.17) is 4.74 Å². The molecule has 1 aliphatic heterocycles. The van der Waals surface area contributed by atoms with Crippen molar-refractivity contribution in [3.05, 3.63) is 95.1 Å². The summed E-state index contributed by atoms with van der Waals surface area (Å²) >= 11 is 0. The lowest BCUT2D eigenvalue weighted by Crippen LogP contribution is -2.42. The van der Waals surface area contributed by atoms with Crippen LogP contribution in [0.4, 0.5) is 0 Å². The normalized spacial score (nSPS) is 21.9. The number of hydrogen-bond donors (Lipinski definition) is 0. The Morgan fingerprint density at radius 1 is 0.871 bits per heavy atom. The highest BCUT2D eigenvalue weighted by atomic mass is 32.2. The monoisotopic (exact) mass is 435 g/mol. The highest BCUT2D eigenvalue weighted by Gasteiger charge is 2.49. The molecule has 2 unspecified atom stereocenters. The third kappa shape index (κ3) is 4.00. The fourth-order valence-electron chi connectivity index (χ4n) is 4.52. The van der Waals surface area contributed by atoms with Gasteiger partial charge in [0.2, 0.25) is 10.0 Å². The molecule has 1 saturated heterocycles. The van der Waals surface area contributed by atoms with Crippen LogP contribution in [-0.4, -0.2) is 26.4 Å². The number of rotatable bonds is 5. The second kappa shape index (κ2) is 8.13. The van der Waals surface area contributed by atoms with Gasteiger partial charge in [0.05, 0.1) is 17.5 Å². The van der Waals surface area contributed by atoms with Crippen LogP contribution in [0.15, 0.2) is 77.7 Å². The molecule has 3 aromatic carbocycles. The summed E-state index contributed by atoms with van der Waals surface area (Å²) in [6.07, 6.45) is 0.716. The summed E-state index contributed by atoms with van der Waals surface area (Å²) in [5.41, 5.74) is 3.72. The molecule has 0 spiro atoms. The third-order valence-electron chi connectivity index (χ3n) is 6.45. The number of methoxy groups -OCH3 is 1. The van der Waals surface area contributed by atoms with E-state index in [1.165, 1.54) is 11.1 Å². The summed E-state index contributed by atoms with van der Waals surface area (Å²) in [4.78, 5) is 0.336. The van der Waals surface area contributed by atoms with Gasteiger partial charge in [-0.3, -0.25) is 0 Å². The Hall–Kier alpha value is -2.63. The van der Waals surface area contributed by atoms with Crippen LogP contribution in [0.1, 0.15) is 41.5 Å². The minimum atomic E-state index is -3.67. The topological polar surface area (TPSA) is 46.6 Å². The van der Waals surface area contributed by atoms with E-state index in [0.29, 0.717) is 17.9 Å². The summed E-state index contributed by atoms with van der Waals surface area (Å²) in [6, 6.07) is 23.3. The number of ether oxygens (including phenoxy) is 1. The summed E-state index contributed by atoms with van der Waals surface area (Å²) in [5.74, 6) is 0.876. The number of sulfonamides is 1. The first-order valence-corrected chi connectivity index (χ1v) is 12.0. The summed E-state index contributed by atoms with van der Waals surface area (Å²) in [5, 5.41) is 0. The minimum absolute atomic E-state index is 0.118. The van der Waals surface area contributed by atoms with Crippen LogP contribution < -0.4 is 4.74 Å². The number of aryl methyl sites for hydroxylation is 2. The van der Waals surface area contributed by atoms with Gasteiger partial charge in [-0.2, -0.15) is 4.31 Å². The van der Waals surface area contributed by atoms with Gasteiger partial charge >= 0.3 is 0 Å². The maximum atomic E-state index is 13.8. The number of nitrogens with zero attached hydrogens (tertiary/aromatic N) is 1. The highest BCUT2D eigenvalue weighted by molar-refractivity contribution is 7.89. The number of benzene rings is 3. The van der Waals surface area contributed by atoms with E-state index in [1.807, 2.05) is 50.2 Å². The quantitative estimate of drug-likeness (QED) is 0.539. The van der Waals surface area contributed by atoms with Gasteiger partial charge in [0.1, 0.15) is 5.75 Å². The van der Waals surface area contributed by atoms with Gasteiger partial charge in [-0.15, -0.1) is 0 Å². The van der Waals surface area contributed by atoms with Gasteiger partial charge in [-0.25, -0.2) is 8.42 Å². The van der Waals surface area contributed by atoms with Gasteiger partial charge in [-0.05, 0) is 68.5 Å². The Morgan fingerprint density at radius 3 is 1.97 bits per heavy atom. The van der Waals surface area contributed by atoms with Gasteiger partial charge < -0.3 is 4.74 Å². The number of hydrogen-bond acceptors (Lipinski definition) is 3. The van der Waals surface area contributed by atoms with Crippen molar-refractivity contribution in [2.24, 2.45) is 0 Å². The molecule has 0 amide bonds. The van der Waals surface area contributed by atoms with Crippen molar-refractivity contribution in [2.75, 3.05) is 13.7 Å². The van der Waals surface area contributed by atoms with Crippen molar-refractivity contribution < 1.29 is 13.2 Å². The molecular weight excluding hydrogens is 406 g/mol. The SMILES string of the molecule is COc1ccc(C2(C)CC(c3ccc(C)cc3)CN2S(=O)(=O)c2ccc(C)cc2)cc1. The Bertz CT molecular complexity index is 1150. The highest BCUT2D eigenvalue weighted by Crippen LogP contribution is 2.48. The van der Waals surface area contributed by atoms with Crippen molar-refractivity contribution in [2.45, 2.75) is 43.5 Å². The van der Waals surface area contributed by atoms with E-state index in [2.05, 4.69) is 31.2 Å². The second-order valence-corrected chi connectivity index (χ2v) is 10.5. The lowest BCUT2D eigenvalue weighted by molar-refractivity contribution is 0.270. The maximum Gasteiger partial charge on any atom is 0.243 e. The fraction of sp³-hybridized carbons (Fsp3) is 0.308. The van der Waals surface area contributed by atoms with Crippen molar-refractivity contribution >= 4 is 10.0 Å². The molecule has 162 valence electrons. The van der Waals surface area contributed by atoms with Gasteiger partial charge in [0.15, 0.2) is 0 Å². The van der Waals surface area contributed by atoms with Crippen LogP contribution in [0.5, 0.6) is 5.75 Å². The molecule has 4 nitrogen and oxygen atoms in total. The molecule has 3 aromatic rings. The first-order chi connectivity index (χ1) is 14.7. The maximum absolute atomic E-state index is 13.8. The molecule has 2 atom stereocenters. The molecule has 4 rings (SSSR count). The van der Waals surface area contributed by atoms with Crippen LogP contribution in [-0.2, 0) is 15.6 Å². The fourth-order valence-corrected chi connectivity index (χ4v) is 6.34. The van der Waals surface area contributed by atoms with E-state index in [1.54, 1.807) is 23.5 Å². The van der Waals surface area contributed by atoms with Crippen LogP contribution >= 0.6 is 0 Å². The average molecular weight is 436 g/mol. The Kier molecular flexibility index (Phi) is 5.67. The summed E-state index contributed by atoms with van der Waals surface area (Å²) in [6.45, 7) is 6.51. The molecule has 0 N–H and O–H groups in total. The molecule has 0 aromatic heterocycles. The zero-order chi connectivity index (χ0) is 22.2. The zero-order valence-corrected chi connectivity index (χ0v) is 19.3. The zero-order valence-electron chi connectivity index (χ0n) is 18.5. The van der Waals surface area contributed by atoms with Crippen molar-refractivity contribution in [1.29, 1.82) is 0 Å². The van der Waals surface area contributed by atoms with Crippen LogP contribution in [0.2, 0.25) is 0 Å². The predicted molar refractivity (Wildman–Crippen MR) is 124 cm³/mol. The van der Waals surface area contributed by atoms with Crippen LogP contribution in [0.3, 0.4) is 0 Å². The van der Waals surface area contributed by atoms with Gasteiger partial charge in [-0.1, -0.05) is 59.7 Å². The van der Waals surface area contributed by atoms with E-state index in [-0.39, 0.29) is 5.92 Å². The Balaban J connectivity index is 1.80. The van der Waals surface area contributed by atoms with E-state index in [9.17, 15) is 8.42 Å². The lowest BCUT2D eigenvalue weighted by atomic mass is 9.85. The van der Waals surface area contributed by atoms with Crippen molar-refractivity contribution in [3.8, 4) is 5.75 Å². The minimum Gasteiger partial charge on any atom is -0.497 e. The van der Waals surface area contributed by atoms with Crippen LogP contribution in [0, 0.1) is 13.8 Å².